The highest BCUT2D eigenvalue weighted by Gasteiger charge is 2.09. The summed E-state index contributed by atoms with van der Waals surface area (Å²) in [5, 5.41) is 3.97. The molecule has 0 saturated heterocycles. The number of carbonyl (C=O) groups excluding carboxylic acids is 2. The van der Waals surface area contributed by atoms with E-state index in [-0.39, 0.29) is 5.91 Å². The summed E-state index contributed by atoms with van der Waals surface area (Å²) in [4.78, 5) is 24.3. The van der Waals surface area contributed by atoms with Crippen LogP contribution in [-0.4, -0.2) is 25.2 Å². The lowest BCUT2D eigenvalue weighted by molar-refractivity contribution is 0.0734. The Morgan fingerprint density at radius 2 is 1.55 bits per heavy atom. The molecule has 3 rings (SSSR count). The molecule has 6 heteroatoms. The third-order valence-electron chi connectivity index (χ3n) is 4.19. The Labute approximate surface area is 168 Å². The fourth-order valence-electron chi connectivity index (χ4n) is 2.57. The van der Waals surface area contributed by atoms with E-state index in [1.807, 2.05) is 19.1 Å². The first-order valence-corrected chi connectivity index (χ1v) is 8.92. The summed E-state index contributed by atoms with van der Waals surface area (Å²) >= 11 is 0. The molecule has 0 radical (unpaired) electrons. The van der Waals surface area contributed by atoms with Crippen molar-refractivity contribution in [3.63, 3.8) is 0 Å². The summed E-state index contributed by atoms with van der Waals surface area (Å²) in [7, 11) is 1.56. The number of ether oxygens (including phenoxy) is 2. The summed E-state index contributed by atoms with van der Waals surface area (Å²) in [6.45, 7) is 1.87. The molecule has 0 aromatic heterocycles. The van der Waals surface area contributed by atoms with Gasteiger partial charge in [-0.3, -0.25) is 4.79 Å². The minimum Gasteiger partial charge on any atom is -0.497 e. The normalized spacial score (nSPS) is 10.6. The molecule has 3 aromatic rings. The first-order valence-electron chi connectivity index (χ1n) is 8.92. The molecule has 146 valence electrons. The van der Waals surface area contributed by atoms with Crippen molar-refractivity contribution in [2.75, 3.05) is 7.11 Å². The highest BCUT2D eigenvalue weighted by atomic mass is 16.5. The number of amides is 1. The zero-order valence-corrected chi connectivity index (χ0v) is 16.1. The molecule has 1 N–H and O–H groups in total. The number of nitrogens with one attached hydrogen (secondary N) is 1. The van der Waals surface area contributed by atoms with Crippen molar-refractivity contribution in [3.8, 4) is 11.5 Å². The van der Waals surface area contributed by atoms with Gasteiger partial charge in [-0.25, -0.2) is 10.2 Å². The van der Waals surface area contributed by atoms with Crippen molar-refractivity contribution in [2.45, 2.75) is 6.92 Å². The molecule has 0 unspecified atom stereocenters. The molecule has 6 nitrogen and oxygen atoms in total. The maximum absolute atomic E-state index is 12.2. The predicted octanol–water partition coefficient (Wildman–Crippen LogP) is 3.99. The monoisotopic (exact) mass is 388 g/mol. The number of methoxy groups -OCH3 is 1. The van der Waals surface area contributed by atoms with Crippen LogP contribution in [0.25, 0.3) is 0 Å². The van der Waals surface area contributed by atoms with E-state index in [9.17, 15) is 9.59 Å². The van der Waals surface area contributed by atoms with Crippen LogP contribution in [0.1, 0.15) is 31.8 Å². The molecule has 0 heterocycles. The van der Waals surface area contributed by atoms with Gasteiger partial charge in [-0.2, -0.15) is 5.10 Å². The molecular formula is C23H20N2O4. The van der Waals surface area contributed by atoms with Gasteiger partial charge in [-0.1, -0.05) is 18.2 Å². The standard InChI is InChI=1S/C23H20N2O4/c1-16-5-3-4-6-21(16)22(26)25-24-15-17-7-11-20(12-8-17)29-23(27)18-9-13-19(28-2)14-10-18/h3-15H,1-2H3,(H,25,26)/b24-15-. The molecule has 0 aliphatic heterocycles. The molecule has 29 heavy (non-hydrogen) atoms. The second kappa shape index (κ2) is 9.32. The molecule has 0 saturated carbocycles. The van der Waals surface area contributed by atoms with E-state index >= 15 is 0 Å². The van der Waals surface area contributed by atoms with Crippen LogP contribution >= 0.6 is 0 Å². The van der Waals surface area contributed by atoms with Crippen molar-refractivity contribution in [1.82, 2.24) is 5.43 Å². The average molecular weight is 388 g/mol. The summed E-state index contributed by atoms with van der Waals surface area (Å²) in [5.41, 5.74) is 5.13. The molecule has 0 fully saturated rings. The van der Waals surface area contributed by atoms with Gasteiger partial charge in [0.25, 0.3) is 5.91 Å². The predicted molar refractivity (Wildman–Crippen MR) is 111 cm³/mol. The lowest BCUT2D eigenvalue weighted by Gasteiger charge is -2.06. The maximum atomic E-state index is 12.2. The molecule has 0 bridgehead atoms. The van der Waals surface area contributed by atoms with Crippen LogP contribution in [0.2, 0.25) is 0 Å². The first-order chi connectivity index (χ1) is 14.1. The van der Waals surface area contributed by atoms with Crippen LogP contribution < -0.4 is 14.9 Å². The van der Waals surface area contributed by atoms with Crippen LogP contribution in [0.15, 0.2) is 77.9 Å². The zero-order chi connectivity index (χ0) is 20.6. The lowest BCUT2D eigenvalue weighted by Crippen LogP contribution is -2.18. The Kier molecular flexibility index (Phi) is 6.37. The smallest absolute Gasteiger partial charge is 0.343 e. The number of hydrogen-bond donors (Lipinski definition) is 1. The van der Waals surface area contributed by atoms with Crippen LogP contribution in [-0.2, 0) is 0 Å². The summed E-state index contributed by atoms with van der Waals surface area (Å²) in [6, 6.07) is 20.7. The minimum atomic E-state index is -0.459. The number of carbonyl (C=O) groups is 2. The largest absolute Gasteiger partial charge is 0.497 e. The molecule has 3 aromatic carbocycles. The highest BCUT2D eigenvalue weighted by Crippen LogP contribution is 2.16. The van der Waals surface area contributed by atoms with E-state index in [1.54, 1.807) is 67.8 Å². The second-order valence-electron chi connectivity index (χ2n) is 6.20. The summed E-state index contributed by atoms with van der Waals surface area (Å²) < 4.78 is 10.4. The van der Waals surface area contributed by atoms with Crippen molar-refractivity contribution in [2.24, 2.45) is 5.10 Å². The second-order valence-corrected chi connectivity index (χ2v) is 6.20. The van der Waals surface area contributed by atoms with Gasteiger partial charge in [-0.15, -0.1) is 0 Å². The lowest BCUT2D eigenvalue weighted by atomic mass is 10.1. The maximum Gasteiger partial charge on any atom is 0.343 e. The van der Waals surface area contributed by atoms with E-state index < -0.39 is 5.97 Å². The highest BCUT2D eigenvalue weighted by molar-refractivity contribution is 5.96. The van der Waals surface area contributed by atoms with Crippen LogP contribution in [0.3, 0.4) is 0 Å². The Morgan fingerprint density at radius 3 is 2.21 bits per heavy atom. The van der Waals surface area contributed by atoms with Gasteiger partial charge in [-0.05, 0) is 72.6 Å². The number of benzene rings is 3. The van der Waals surface area contributed by atoms with Crippen molar-refractivity contribution < 1.29 is 19.1 Å². The van der Waals surface area contributed by atoms with Gasteiger partial charge in [0.1, 0.15) is 11.5 Å². The van der Waals surface area contributed by atoms with E-state index in [4.69, 9.17) is 9.47 Å². The Bertz CT molecular complexity index is 1030. The van der Waals surface area contributed by atoms with Crippen LogP contribution in [0.4, 0.5) is 0 Å². The number of hydrazone groups is 1. The number of aryl methyl sites for hydroxylation is 1. The summed E-state index contributed by atoms with van der Waals surface area (Å²) in [5.74, 6) is 0.343. The first kappa shape index (κ1) is 19.8. The van der Waals surface area contributed by atoms with E-state index in [0.717, 1.165) is 11.1 Å². The molecule has 0 aliphatic carbocycles. The van der Waals surface area contributed by atoms with Gasteiger partial charge in [0.05, 0.1) is 18.9 Å². The van der Waals surface area contributed by atoms with E-state index in [1.165, 1.54) is 6.21 Å². The molecule has 0 atom stereocenters. The Hall–Kier alpha value is -3.93. The molecular weight excluding hydrogens is 368 g/mol. The van der Waals surface area contributed by atoms with E-state index in [2.05, 4.69) is 10.5 Å². The summed E-state index contributed by atoms with van der Waals surface area (Å²) in [6.07, 6.45) is 1.52. The minimum absolute atomic E-state index is 0.274. The number of esters is 1. The molecule has 0 aliphatic rings. The van der Waals surface area contributed by atoms with Crippen molar-refractivity contribution >= 4 is 18.1 Å². The fraction of sp³-hybridized carbons (Fsp3) is 0.0870. The molecule has 1 amide bonds. The average Bonchev–Trinajstić information content (AvgIpc) is 2.75. The zero-order valence-electron chi connectivity index (χ0n) is 16.1. The van der Waals surface area contributed by atoms with E-state index in [0.29, 0.717) is 22.6 Å². The topological polar surface area (TPSA) is 77.0 Å². The fourth-order valence-corrected chi connectivity index (χ4v) is 2.57. The van der Waals surface area contributed by atoms with Gasteiger partial charge in [0.15, 0.2) is 0 Å². The SMILES string of the molecule is COc1ccc(C(=O)Oc2ccc(/C=N\NC(=O)c3ccccc3C)cc2)cc1. The number of nitrogens with zero attached hydrogens (tertiary/aromatic N) is 1. The number of hydrogen-bond acceptors (Lipinski definition) is 5. The van der Waals surface area contributed by atoms with Gasteiger partial charge in [0, 0.05) is 5.56 Å². The van der Waals surface area contributed by atoms with Crippen molar-refractivity contribution in [3.05, 3.63) is 95.1 Å². The molecule has 0 spiro atoms. The van der Waals surface area contributed by atoms with Crippen LogP contribution in [0.5, 0.6) is 11.5 Å². The van der Waals surface area contributed by atoms with Gasteiger partial charge in [0.2, 0.25) is 0 Å². The van der Waals surface area contributed by atoms with Crippen molar-refractivity contribution in [1.29, 1.82) is 0 Å². The van der Waals surface area contributed by atoms with Gasteiger partial charge < -0.3 is 9.47 Å². The van der Waals surface area contributed by atoms with Gasteiger partial charge >= 0.3 is 5.97 Å². The third kappa shape index (κ3) is 5.29. The Morgan fingerprint density at radius 1 is 0.897 bits per heavy atom. The quantitative estimate of drug-likeness (QED) is 0.300. The third-order valence-corrected chi connectivity index (χ3v) is 4.19. The Balaban J connectivity index is 1.56. The van der Waals surface area contributed by atoms with Crippen LogP contribution in [0, 0.1) is 6.92 Å². The number of rotatable bonds is 6.